The minimum atomic E-state index is -0.242. The first-order valence-corrected chi connectivity index (χ1v) is 14.0. The lowest BCUT2D eigenvalue weighted by molar-refractivity contribution is 0.0950. The summed E-state index contributed by atoms with van der Waals surface area (Å²) >= 11 is 24.7. The van der Waals surface area contributed by atoms with Crippen LogP contribution in [0.1, 0.15) is 53.1 Å². The molecule has 0 aromatic heterocycles. The molecule has 3 nitrogen and oxygen atoms in total. The molecule has 4 rings (SSSR count). The fourth-order valence-electron chi connectivity index (χ4n) is 4.88. The van der Waals surface area contributed by atoms with Gasteiger partial charge in [0.1, 0.15) is 5.82 Å². The quantitative estimate of drug-likeness (QED) is 0.260. The van der Waals surface area contributed by atoms with E-state index in [4.69, 9.17) is 46.4 Å². The van der Waals surface area contributed by atoms with Crippen LogP contribution < -0.4 is 5.32 Å². The van der Waals surface area contributed by atoms with Crippen LogP contribution in [0.15, 0.2) is 60.7 Å². The monoisotopic (exact) mass is 616 g/mol. The summed E-state index contributed by atoms with van der Waals surface area (Å²) in [7, 11) is 0. The first-order valence-electron chi connectivity index (χ1n) is 12.4. The molecular weight excluding hydrogens is 589 g/mol. The molecule has 38 heavy (non-hydrogen) atoms. The molecule has 0 saturated carbocycles. The third-order valence-electron chi connectivity index (χ3n) is 7.08. The minimum Gasteiger partial charge on any atom is -0.351 e. The number of carbonyl (C=O) groups excluding carboxylic acids is 1. The Hall–Kier alpha value is -1.53. The lowest BCUT2D eigenvalue weighted by Crippen LogP contribution is -2.34. The number of amides is 1. The third kappa shape index (κ3) is 8.48. The van der Waals surface area contributed by atoms with Gasteiger partial charge >= 0.3 is 0 Å². The predicted molar refractivity (Wildman–Crippen MR) is 159 cm³/mol. The van der Waals surface area contributed by atoms with Crippen LogP contribution in [0.2, 0.25) is 20.1 Å². The first-order chi connectivity index (χ1) is 17.8. The molecule has 1 saturated heterocycles. The zero-order chi connectivity index (χ0) is 26.4. The fraction of sp³-hybridized carbons (Fsp3) is 0.345. The molecule has 1 N–H and O–H groups in total. The molecule has 0 aliphatic carbocycles. The van der Waals surface area contributed by atoms with Crippen molar-refractivity contribution in [2.45, 2.75) is 38.1 Å². The standard InChI is InChI=1S/C29H29Cl4FN2O.ClH/c30-23-8-9-24(26(32)16-23)29(37)35-17-21(20-7-10-25(31)27(33)15-20)6-5-19-11-13-36(14-12-19)18-22-3-1-2-4-28(22)34;/h1-4,7-10,15-16,19,21H,5-6,11-14,17-18H2,(H,35,37);1H. The Morgan fingerprint density at radius 1 is 0.947 bits per heavy atom. The molecule has 3 aromatic carbocycles. The van der Waals surface area contributed by atoms with Crippen LogP contribution >= 0.6 is 58.8 Å². The van der Waals surface area contributed by atoms with Gasteiger partial charge in [0.2, 0.25) is 0 Å². The summed E-state index contributed by atoms with van der Waals surface area (Å²) in [6.07, 6.45) is 4.05. The van der Waals surface area contributed by atoms with Gasteiger partial charge in [0.15, 0.2) is 0 Å². The van der Waals surface area contributed by atoms with Crippen molar-refractivity contribution in [1.29, 1.82) is 0 Å². The second kappa shape index (κ2) is 14.7. The van der Waals surface area contributed by atoms with Crippen molar-refractivity contribution in [3.8, 4) is 0 Å². The van der Waals surface area contributed by atoms with Crippen molar-refractivity contribution in [3.63, 3.8) is 0 Å². The zero-order valence-electron chi connectivity index (χ0n) is 20.7. The van der Waals surface area contributed by atoms with Crippen LogP contribution in [-0.4, -0.2) is 30.4 Å². The summed E-state index contributed by atoms with van der Waals surface area (Å²) in [5, 5.41) is 4.83. The van der Waals surface area contributed by atoms with E-state index >= 15 is 0 Å². The Morgan fingerprint density at radius 3 is 2.37 bits per heavy atom. The lowest BCUT2D eigenvalue weighted by atomic mass is 9.86. The van der Waals surface area contributed by atoms with Crippen LogP contribution in [0.4, 0.5) is 4.39 Å². The van der Waals surface area contributed by atoms with Crippen LogP contribution in [0, 0.1) is 11.7 Å². The highest BCUT2D eigenvalue weighted by Gasteiger charge is 2.23. The maximum Gasteiger partial charge on any atom is 0.252 e. The Bertz CT molecular complexity index is 1230. The summed E-state index contributed by atoms with van der Waals surface area (Å²) < 4.78 is 14.0. The highest BCUT2D eigenvalue weighted by molar-refractivity contribution is 6.42. The number of likely N-dealkylation sites (tertiary alicyclic amines) is 1. The Balaban J connectivity index is 0.00000400. The molecule has 1 fully saturated rings. The lowest BCUT2D eigenvalue weighted by Gasteiger charge is -2.33. The molecule has 0 spiro atoms. The van der Waals surface area contributed by atoms with Crippen LogP contribution in [-0.2, 0) is 6.54 Å². The van der Waals surface area contributed by atoms with Gasteiger partial charge in [-0.25, -0.2) is 4.39 Å². The minimum absolute atomic E-state index is 0. The largest absolute Gasteiger partial charge is 0.351 e. The van der Waals surface area contributed by atoms with E-state index in [9.17, 15) is 9.18 Å². The van der Waals surface area contributed by atoms with Gasteiger partial charge in [0, 0.05) is 29.6 Å². The molecule has 3 aromatic rings. The smallest absolute Gasteiger partial charge is 0.252 e. The molecular formula is C29H30Cl5FN2O. The number of hydrogen-bond donors (Lipinski definition) is 1. The number of carbonyl (C=O) groups is 1. The molecule has 9 heteroatoms. The Labute approximate surface area is 250 Å². The van der Waals surface area contributed by atoms with E-state index in [0.29, 0.717) is 44.7 Å². The summed E-state index contributed by atoms with van der Waals surface area (Å²) in [6, 6.07) is 17.5. The maximum atomic E-state index is 14.0. The predicted octanol–water partition coefficient (Wildman–Crippen LogP) is 9.07. The van der Waals surface area contributed by atoms with Crippen LogP contribution in [0.25, 0.3) is 0 Å². The fourth-order valence-corrected chi connectivity index (χ4v) is 5.68. The number of piperidine rings is 1. The Kier molecular flexibility index (Phi) is 12.0. The second-order valence-electron chi connectivity index (χ2n) is 9.59. The number of benzene rings is 3. The normalized spacial score (nSPS) is 15.1. The number of hydrogen-bond acceptors (Lipinski definition) is 2. The van der Waals surface area contributed by atoms with E-state index in [1.807, 2.05) is 24.3 Å². The molecule has 1 unspecified atom stereocenters. The zero-order valence-corrected chi connectivity index (χ0v) is 24.6. The SMILES string of the molecule is Cl.O=C(NCC(CCC1CCN(Cc2ccccc2F)CC1)c1ccc(Cl)c(Cl)c1)c1ccc(Cl)cc1Cl. The maximum absolute atomic E-state index is 14.0. The number of rotatable bonds is 9. The van der Waals surface area contributed by atoms with Crippen LogP contribution in [0.3, 0.4) is 0 Å². The van der Waals surface area contributed by atoms with E-state index in [1.54, 1.807) is 30.3 Å². The van der Waals surface area contributed by atoms with Gasteiger partial charge in [-0.15, -0.1) is 12.4 Å². The Morgan fingerprint density at radius 2 is 1.68 bits per heavy atom. The van der Waals surface area contributed by atoms with Crippen molar-refractivity contribution in [1.82, 2.24) is 10.2 Å². The number of nitrogens with zero attached hydrogens (tertiary/aromatic N) is 1. The first kappa shape index (κ1) is 31.0. The molecule has 1 heterocycles. The van der Waals surface area contributed by atoms with E-state index in [2.05, 4.69) is 10.2 Å². The average Bonchev–Trinajstić information content (AvgIpc) is 2.88. The van der Waals surface area contributed by atoms with Gasteiger partial charge in [-0.3, -0.25) is 9.69 Å². The summed E-state index contributed by atoms with van der Waals surface area (Å²) in [5.41, 5.74) is 2.17. The topological polar surface area (TPSA) is 32.3 Å². The molecule has 1 aliphatic heterocycles. The highest BCUT2D eigenvalue weighted by Crippen LogP contribution is 2.32. The van der Waals surface area contributed by atoms with Crippen molar-refractivity contribution in [2.75, 3.05) is 19.6 Å². The molecule has 1 aliphatic rings. The average molecular weight is 619 g/mol. The van der Waals surface area contributed by atoms with Crippen molar-refractivity contribution >= 4 is 64.7 Å². The van der Waals surface area contributed by atoms with Gasteiger partial charge < -0.3 is 5.32 Å². The van der Waals surface area contributed by atoms with Gasteiger partial charge in [0.25, 0.3) is 5.91 Å². The van der Waals surface area contributed by atoms with E-state index in [-0.39, 0.29) is 30.0 Å². The summed E-state index contributed by atoms with van der Waals surface area (Å²) in [5.74, 6) is 0.258. The molecule has 0 radical (unpaired) electrons. The van der Waals surface area contributed by atoms with E-state index in [1.165, 1.54) is 6.07 Å². The third-order valence-corrected chi connectivity index (χ3v) is 8.37. The van der Waals surface area contributed by atoms with E-state index in [0.717, 1.165) is 49.9 Å². The van der Waals surface area contributed by atoms with Gasteiger partial charge in [-0.2, -0.15) is 0 Å². The molecule has 1 amide bonds. The van der Waals surface area contributed by atoms with Gasteiger partial charge in [-0.1, -0.05) is 70.7 Å². The number of halogens is 6. The molecule has 204 valence electrons. The highest BCUT2D eigenvalue weighted by atomic mass is 35.5. The second-order valence-corrected chi connectivity index (χ2v) is 11.3. The van der Waals surface area contributed by atoms with Crippen molar-refractivity contribution in [2.24, 2.45) is 5.92 Å². The van der Waals surface area contributed by atoms with Gasteiger partial charge in [0.05, 0.1) is 20.6 Å². The summed E-state index contributed by atoms with van der Waals surface area (Å²) in [6.45, 7) is 2.98. The van der Waals surface area contributed by atoms with E-state index < -0.39 is 0 Å². The molecule has 0 bridgehead atoms. The number of nitrogens with one attached hydrogen (secondary N) is 1. The van der Waals surface area contributed by atoms with Crippen molar-refractivity contribution in [3.05, 3.63) is 103 Å². The molecule has 1 atom stereocenters. The van der Waals surface area contributed by atoms with Crippen molar-refractivity contribution < 1.29 is 9.18 Å². The van der Waals surface area contributed by atoms with Gasteiger partial charge in [-0.05, 0) is 86.7 Å². The van der Waals surface area contributed by atoms with Crippen LogP contribution in [0.5, 0.6) is 0 Å². The summed E-state index contributed by atoms with van der Waals surface area (Å²) in [4.78, 5) is 15.2.